The van der Waals surface area contributed by atoms with Crippen LogP contribution in [0, 0.1) is 6.92 Å². The van der Waals surface area contributed by atoms with Gasteiger partial charge in [0.2, 0.25) is 0 Å². The van der Waals surface area contributed by atoms with Gasteiger partial charge in [-0.3, -0.25) is 0 Å². The summed E-state index contributed by atoms with van der Waals surface area (Å²) in [6.45, 7) is 5.61. The van der Waals surface area contributed by atoms with Gasteiger partial charge < -0.3 is 18.9 Å². The molecule has 0 saturated carbocycles. The molecule has 4 heteroatoms. The van der Waals surface area contributed by atoms with Gasteiger partial charge in [-0.2, -0.15) is 0 Å². The highest BCUT2D eigenvalue weighted by Gasteiger charge is 2.21. The molecular formula is C33H40O4. The smallest absolute Gasteiger partial charge is 0.122 e. The lowest BCUT2D eigenvalue weighted by molar-refractivity contribution is 0.300. The van der Waals surface area contributed by atoms with Crippen LogP contribution in [0.15, 0.2) is 66.7 Å². The molecule has 3 aromatic carbocycles. The van der Waals surface area contributed by atoms with E-state index in [1.54, 1.807) is 0 Å². The third kappa shape index (κ3) is 8.34. The topological polar surface area (TPSA) is 43.5 Å². The number of hydrogen-bond acceptors (Lipinski definition) is 4. The highest BCUT2D eigenvalue weighted by atomic mass is 16.6. The Morgan fingerprint density at radius 1 is 0.595 bits per heavy atom. The first-order valence-corrected chi connectivity index (χ1v) is 14.0. The van der Waals surface area contributed by atoms with Gasteiger partial charge in [-0.05, 0) is 97.5 Å². The van der Waals surface area contributed by atoms with E-state index in [0.717, 1.165) is 50.8 Å². The van der Waals surface area contributed by atoms with Gasteiger partial charge in [-0.15, -0.1) is 0 Å². The van der Waals surface area contributed by atoms with E-state index in [2.05, 4.69) is 73.7 Å². The first-order valence-electron chi connectivity index (χ1n) is 14.0. The van der Waals surface area contributed by atoms with Crippen LogP contribution in [0.4, 0.5) is 0 Å². The molecular weight excluding hydrogens is 460 g/mol. The van der Waals surface area contributed by atoms with Crippen molar-refractivity contribution in [1.29, 1.82) is 0 Å². The van der Waals surface area contributed by atoms with Crippen molar-refractivity contribution in [2.75, 3.05) is 26.4 Å². The number of hydrogen-bond donors (Lipinski definition) is 0. The summed E-state index contributed by atoms with van der Waals surface area (Å²) in [6, 6.07) is 23.7. The van der Waals surface area contributed by atoms with E-state index in [0.29, 0.717) is 12.2 Å². The summed E-state index contributed by atoms with van der Waals surface area (Å²) in [4.78, 5) is 0. The van der Waals surface area contributed by atoms with E-state index in [4.69, 9.17) is 18.9 Å². The fraction of sp³-hybridized carbons (Fsp3) is 0.455. The van der Waals surface area contributed by atoms with E-state index >= 15 is 0 Å². The fourth-order valence-corrected chi connectivity index (χ4v) is 4.73. The Morgan fingerprint density at radius 2 is 1.08 bits per heavy atom. The van der Waals surface area contributed by atoms with Crippen molar-refractivity contribution in [3.05, 3.63) is 72.3 Å². The molecule has 0 spiro atoms. The minimum atomic E-state index is 0.544. The molecule has 2 atom stereocenters. The molecule has 0 radical (unpaired) electrons. The number of ether oxygens (including phenoxy) is 4. The summed E-state index contributed by atoms with van der Waals surface area (Å²) < 4.78 is 22.5. The van der Waals surface area contributed by atoms with Crippen LogP contribution in [0.1, 0.15) is 56.9 Å². The van der Waals surface area contributed by atoms with E-state index in [9.17, 15) is 0 Å². The lowest BCUT2D eigenvalue weighted by atomic mass is 9.99. The van der Waals surface area contributed by atoms with Crippen LogP contribution in [0.2, 0.25) is 0 Å². The Kier molecular flexibility index (Phi) is 9.15. The largest absolute Gasteiger partial charge is 0.494 e. The third-order valence-electron chi connectivity index (χ3n) is 7.25. The quantitative estimate of drug-likeness (QED) is 0.148. The third-order valence-corrected chi connectivity index (χ3v) is 7.25. The first kappa shape index (κ1) is 25.8. The summed E-state index contributed by atoms with van der Waals surface area (Å²) in [6.07, 6.45) is 10.6. The Bertz CT molecular complexity index is 1100. The molecule has 196 valence electrons. The molecule has 0 aliphatic carbocycles. The van der Waals surface area contributed by atoms with Crippen LogP contribution < -0.4 is 9.47 Å². The summed E-state index contributed by atoms with van der Waals surface area (Å²) in [5, 5.41) is 0. The van der Waals surface area contributed by atoms with E-state index in [1.165, 1.54) is 66.3 Å². The number of unbranched alkanes of at least 4 members (excludes halogenated alkanes) is 4. The van der Waals surface area contributed by atoms with Gasteiger partial charge >= 0.3 is 0 Å². The van der Waals surface area contributed by atoms with Crippen molar-refractivity contribution in [1.82, 2.24) is 0 Å². The zero-order valence-electron chi connectivity index (χ0n) is 22.1. The van der Waals surface area contributed by atoms with Gasteiger partial charge in [0.15, 0.2) is 0 Å². The summed E-state index contributed by atoms with van der Waals surface area (Å²) in [5.74, 6) is 1.93. The minimum absolute atomic E-state index is 0.544. The molecule has 4 nitrogen and oxygen atoms in total. The Balaban J connectivity index is 1.06. The molecule has 37 heavy (non-hydrogen) atoms. The van der Waals surface area contributed by atoms with Crippen molar-refractivity contribution >= 4 is 0 Å². The zero-order valence-corrected chi connectivity index (χ0v) is 22.1. The minimum Gasteiger partial charge on any atom is -0.494 e. The molecule has 2 saturated heterocycles. The van der Waals surface area contributed by atoms with Crippen LogP contribution >= 0.6 is 0 Å². The molecule has 0 N–H and O–H groups in total. The lowest BCUT2D eigenvalue weighted by Crippen LogP contribution is -1.99. The average Bonchev–Trinajstić information content (AvgIpc) is 3.86. The maximum atomic E-state index is 6.04. The van der Waals surface area contributed by atoms with Gasteiger partial charge in [0.05, 0.1) is 38.6 Å². The molecule has 2 aliphatic heterocycles. The van der Waals surface area contributed by atoms with Gasteiger partial charge in [0.1, 0.15) is 11.5 Å². The number of epoxide rings is 2. The predicted octanol–water partition coefficient (Wildman–Crippen LogP) is 8.01. The highest BCUT2D eigenvalue weighted by Crippen LogP contribution is 2.29. The van der Waals surface area contributed by atoms with Crippen LogP contribution in [-0.2, 0) is 9.47 Å². The Hall–Kier alpha value is -2.82. The molecule has 0 bridgehead atoms. The first-order chi connectivity index (χ1) is 18.2. The standard InChI is InChI=1S/C33H40O4/c1-25-22-29(16-19-33(25)35-21-7-3-5-9-32-24-37-32)28-12-10-26(11-13-28)27-14-17-30(18-15-27)34-20-6-2-4-8-31-23-36-31/h10-19,22,31-32H,2-9,20-21,23-24H2,1H3. The monoisotopic (exact) mass is 500 g/mol. The molecule has 0 amide bonds. The predicted molar refractivity (Wildman–Crippen MR) is 149 cm³/mol. The van der Waals surface area contributed by atoms with E-state index < -0.39 is 0 Å². The van der Waals surface area contributed by atoms with Crippen molar-refractivity contribution in [2.24, 2.45) is 0 Å². The van der Waals surface area contributed by atoms with Gasteiger partial charge in [-0.1, -0.05) is 55.3 Å². The fourth-order valence-electron chi connectivity index (χ4n) is 4.73. The van der Waals surface area contributed by atoms with Crippen LogP contribution in [0.3, 0.4) is 0 Å². The SMILES string of the molecule is Cc1cc(-c2ccc(-c3ccc(OCCCCCC4CO4)cc3)cc2)ccc1OCCCCCC1CO1. The van der Waals surface area contributed by atoms with E-state index in [1.807, 2.05) is 0 Å². The van der Waals surface area contributed by atoms with Crippen molar-refractivity contribution in [3.8, 4) is 33.8 Å². The molecule has 0 aromatic heterocycles. The molecule has 2 aliphatic rings. The van der Waals surface area contributed by atoms with Gasteiger partial charge in [-0.25, -0.2) is 0 Å². The Labute approximate surface area is 221 Å². The maximum Gasteiger partial charge on any atom is 0.122 e. The average molecular weight is 501 g/mol. The van der Waals surface area contributed by atoms with Crippen molar-refractivity contribution in [3.63, 3.8) is 0 Å². The van der Waals surface area contributed by atoms with Crippen molar-refractivity contribution < 1.29 is 18.9 Å². The normalized spacial score (nSPS) is 18.0. The number of aryl methyl sites for hydroxylation is 1. The zero-order chi connectivity index (χ0) is 25.3. The maximum absolute atomic E-state index is 6.04. The summed E-state index contributed by atoms with van der Waals surface area (Å²) in [5.41, 5.74) is 6.03. The summed E-state index contributed by atoms with van der Waals surface area (Å²) >= 11 is 0. The molecule has 5 rings (SSSR count). The highest BCUT2D eigenvalue weighted by molar-refractivity contribution is 5.71. The van der Waals surface area contributed by atoms with Gasteiger partial charge in [0, 0.05) is 0 Å². The second kappa shape index (κ2) is 13.1. The lowest BCUT2D eigenvalue weighted by Gasteiger charge is -2.12. The van der Waals surface area contributed by atoms with Crippen molar-refractivity contribution in [2.45, 2.75) is 70.5 Å². The number of rotatable bonds is 16. The van der Waals surface area contributed by atoms with Crippen LogP contribution in [0.5, 0.6) is 11.5 Å². The second-order valence-electron chi connectivity index (χ2n) is 10.4. The van der Waals surface area contributed by atoms with Crippen LogP contribution in [0.25, 0.3) is 22.3 Å². The van der Waals surface area contributed by atoms with Gasteiger partial charge in [0.25, 0.3) is 0 Å². The Morgan fingerprint density at radius 3 is 1.62 bits per heavy atom. The second-order valence-corrected chi connectivity index (χ2v) is 10.4. The molecule has 2 fully saturated rings. The van der Waals surface area contributed by atoms with E-state index in [-0.39, 0.29) is 0 Å². The number of benzene rings is 3. The molecule has 2 unspecified atom stereocenters. The molecule has 2 heterocycles. The molecule has 3 aromatic rings. The van der Waals surface area contributed by atoms with Crippen LogP contribution in [-0.4, -0.2) is 38.6 Å². The summed E-state index contributed by atoms with van der Waals surface area (Å²) in [7, 11) is 0.